The Kier molecular flexibility index (Phi) is 4.30. The number of aromatic nitrogens is 3. The molecule has 120 valence electrons. The number of carbonyl (C=O) groups excluding carboxylic acids is 1. The van der Waals surface area contributed by atoms with Gasteiger partial charge in [0, 0.05) is 13.2 Å². The molecule has 3 aromatic rings. The van der Waals surface area contributed by atoms with Crippen LogP contribution in [0.25, 0.3) is 11.0 Å². The predicted molar refractivity (Wildman–Crippen MR) is 91.3 cm³/mol. The summed E-state index contributed by atoms with van der Waals surface area (Å²) in [5, 5.41) is 0. The summed E-state index contributed by atoms with van der Waals surface area (Å²) in [4.78, 5) is 21.1. The first kappa shape index (κ1) is 15.8. The minimum Gasteiger partial charge on any atom is -0.451 e. The molecule has 5 heteroatoms. The molecule has 0 N–H and O–H groups in total. The van der Waals surface area contributed by atoms with Crippen LogP contribution in [0.3, 0.4) is 0 Å². The van der Waals surface area contributed by atoms with Gasteiger partial charge in [0.05, 0.1) is 28.7 Å². The summed E-state index contributed by atoms with van der Waals surface area (Å²) in [5.74, 6) is 2.98. The van der Waals surface area contributed by atoms with Crippen molar-refractivity contribution in [1.29, 1.82) is 0 Å². The number of esters is 1. The molecule has 0 bridgehead atoms. The van der Waals surface area contributed by atoms with Gasteiger partial charge < -0.3 is 9.30 Å². The van der Waals surface area contributed by atoms with E-state index >= 15 is 0 Å². The van der Waals surface area contributed by atoms with E-state index in [-0.39, 0.29) is 6.42 Å². The van der Waals surface area contributed by atoms with E-state index in [1.165, 1.54) is 0 Å². The van der Waals surface area contributed by atoms with E-state index in [0.29, 0.717) is 11.3 Å². The van der Waals surface area contributed by atoms with Crippen LogP contribution in [0.4, 0.5) is 0 Å². The van der Waals surface area contributed by atoms with Crippen LogP contribution in [-0.4, -0.2) is 20.5 Å². The number of nitrogens with zero attached hydrogens (tertiary/aromatic N) is 3. The third-order valence-electron chi connectivity index (χ3n) is 3.91. The van der Waals surface area contributed by atoms with Crippen LogP contribution in [0.1, 0.15) is 34.4 Å². The third-order valence-corrected chi connectivity index (χ3v) is 3.91. The van der Waals surface area contributed by atoms with Gasteiger partial charge in [-0.25, -0.2) is 9.78 Å². The lowest BCUT2D eigenvalue weighted by Crippen LogP contribution is -2.12. The summed E-state index contributed by atoms with van der Waals surface area (Å²) in [6.45, 7) is 1.92. The minimum absolute atomic E-state index is 0.272. The van der Waals surface area contributed by atoms with E-state index < -0.39 is 12.1 Å². The van der Waals surface area contributed by atoms with Crippen molar-refractivity contribution < 1.29 is 9.53 Å². The second kappa shape index (κ2) is 6.55. The van der Waals surface area contributed by atoms with Crippen molar-refractivity contribution in [2.75, 3.05) is 0 Å². The summed E-state index contributed by atoms with van der Waals surface area (Å²) in [5.41, 5.74) is 2.81. The number of rotatable bonds is 4. The van der Waals surface area contributed by atoms with Gasteiger partial charge in [-0.15, -0.1) is 12.3 Å². The predicted octanol–water partition coefficient (Wildman–Crippen LogP) is 3.20. The Morgan fingerprint density at radius 1 is 1.38 bits per heavy atom. The molecule has 0 unspecified atom stereocenters. The molecule has 0 aliphatic rings. The summed E-state index contributed by atoms with van der Waals surface area (Å²) >= 11 is 0. The molecule has 2 heterocycles. The van der Waals surface area contributed by atoms with E-state index in [4.69, 9.17) is 11.2 Å². The van der Waals surface area contributed by atoms with E-state index in [2.05, 4.69) is 15.9 Å². The van der Waals surface area contributed by atoms with Gasteiger partial charge in [-0.05, 0) is 37.3 Å². The second-order valence-corrected chi connectivity index (χ2v) is 5.48. The van der Waals surface area contributed by atoms with Gasteiger partial charge in [0.1, 0.15) is 5.82 Å². The summed E-state index contributed by atoms with van der Waals surface area (Å²) in [6.07, 6.45) is 6.75. The van der Waals surface area contributed by atoms with Gasteiger partial charge in [-0.1, -0.05) is 6.07 Å². The first-order chi connectivity index (χ1) is 11.6. The SMILES string of the molecule is C#CC[C@@H](OC(=O)c1ccc2c(c1)nc(C)n2C)c1ccccn1. The van der Waals surface area contributed by atoms with Gasteiger partial charge in [0.25, 0.3) is 0 Å². The number of pyridine rings is 1. The molecule has 5 nitrogen and oxygen atoms in total. The summed E-state index contributed by atoms with van der Waals surface area (Å²) < 4.78 is 7.54. The van der Waals surface area contributed by atoms with Crippen LogP contribution in [0, 0.1) is 19.3 Å². The molecule has 0 amide bonds. The Balaban J connectivity index is 1.86. The molecule has 0 fully saturated rings. The van der Waals surface area contributed by atoms with E-state index in [1.807, 2.05) is 30.7 Å². The average molecular weight is 319 g/mol. The Hall–Kier alpha value is -3.13. The standard InChI is InChI=1S/C19H17N3O2/c1-4-7-18(15-8-5-6-11-20-15)24-19(23)14-9-10-17-16(12-14)21-13(2)22(17)3/h1,5-6,8-12,18H,7H2,2-3H3/t18-/m1/s1. The molecule has 24 heavy (non-hydrogen) atoms. The monoisotopic (exact) mass is 319 g/mol. The smallest absolute Gasteiger partial charge is 0.338 e. The number of hydrogen-bond acceptors (Lipinski definition) is 4. The van der Waals surface area contributed by atoms with Crippen molar-refractivity contribution in [3.05, 3.63) is 59.7 Å². The molecule has 0 aliphatic carbocycles. The zero-order valence-corrected chi connectivity index (χ0v) is 13.6. The molecule has 0 spiro atoms. The fourth-order valence-electron chi connectivity index (χ4n) is 2.52. The Morgan fingerprint density at radius 2 is 2.21 bits per heavy atom. The van der Waals surface area contributed by atoms with Crippen LogP contribution >= 0.6 is 0 Å². The number of aryl methyl sites for hydroxylation is 2. The highest BCUT2D eigenvalue weighted by molar-refractivity contribution is 5.93. The van der Waals surface area contributed by atoms with Crippen molar-refractivity contribution in [3.8, 4) is 12.3 Å². The molecule has 0 aliphatic heterocycles. The van der Waals surface area contributed by atoms with Crippen LogP contribution in [0.2, 0.25) is 0 Å². The van der Waals surface area contributed by atoms with Gasteiger partial charge >= 0.3 is 5.97 Å². The molecule has 3 rings (SSSR count). The van der Waals surface area contributed by atoms with Gasteiger partial charge in [0.2, 0.25) is 0 Å². The van der Waals surface area contributed by atoms with Gasteiger partial charge in [-0.3, -0.25) is 4.98 Å². The Bertz CT molecular complexity index is 923. The van der Waals surface area contributed by atoms with E-state index in [0.717, 1.165) is 16.9 Å². The Labute approximate surface area is 140 Å². The Morgan fingerprint density at radius 3 is 2.92 bits per heavy atom. The molecular weight excluding hydrogens is 302 g/mol. The van der Waals surface area contributed by atoms with Crippen molar-refractivity contribution in [2.45, 2.75) is 19.4 Å². The maximum absolute atomic E-state index is 12.5. The number of benzene rings is 1. The first-order valence-electron chi connectivity index (χ1n) is 7.58. The van der Waals surface area contributed by atoms with E-state index in [1.54, 1.807) is 30.5 Å². The summed E-state index contributed by atoms with van der Waals surface area (Å²) in [7, 11) is 1.94. The van der Waals surface area contributed by atoms with E-state index in [9.17, 15) is 4.79 Å². The largest absolute Gasteiger partial charge is 0.451 e. The minimum atomic E-state index is -0.565. The van der Waals surface area contributed by atoms with Gasteiger partial charge in [0.15, 0.2) is 6.10 Å². The molecule has 0 saturated heterocycles. The molecule has 1 aromatic carbocycles. The third kappa shape index (κ3) is 2.99. The first-order valence-corrected chi connectivity index (χ1v) is 7.58. The molecule has 0 radical (unpaired) electrons. The fourth-order valence-corrected chi connectivity index (χ4v) is 2.52. The zero-order valence-electron chi connectivity index (χ0n) is 13.6. The fraction of sp³-hybridized carbons (Fsp3) is 0.211. The highest BCUT2D eigenvalue weighted by atomic mass is 16.5. The second-order valence-electron chi connectivity index (χ2n) is 5.48. The lowest BCUT2D eigenvalue weighted by molar-refractivity contribution is 0.0299. The van der Waals surface area contributed by atoms with Crippen LogP contribution in [0.15, 0.2) is 42.6 Å². The molecule has 1 atom stereocenters. The maximum Gasteiger partial charge on any atom is 0.338 e. The van der Waals surface area contributed by atoms with Crippen molar-refractivity contribution in [1.82, 2.24) is 14.5 Å². The lowest BCUT2D eigenvalue weighted by atomic mass is 10.1. The van der Waals surface area contributed by atoms with Crippen LogP contribution in [-0.2, 0) is 11.8 Å². The van der Waals surface area contributed by atoms with Crippen LogP contribution < -0.4 is 0 Å². The van der Waals surface area contributed by atoms with Crippen molar-refractivity contribution in [2.24, 2.45) is 7.05 Å². The number of hydrogen-bond donors (Lipinski definition) is 0. The zero-order chi connectivity index (χ0) is 17.1. The number of terminal acetylenes is 1. The quantitative estimate of drug-likeness (QED) is 0.547. The van der Waals surface area contributed by atoms with Crippen molar-refractivity contribution >= 4 is 17.0 Å². The number of carbonyl (C=O) groups is 1. The molecular formula is C19H17N3O2. The average Bonchev–Trinajstić information content (AvgIpc) is 2.89. The lowest BCUT2D eigenvalue weighted by Gasteiger charge is -2.15. The number of imidazole rings is 1. The number of fused-ring (bicyclic) bond motifs is 1. The summed E-state index contributed by atoms with van der Waals surface area (Å²) in [6, 6.07) is 10.8. The highest BCUT2D eigenvalue weighted by Gasteiger charge is 2.19. The van der Waals surface area contributed by atoms with Gasteiger partial charge in [-0.2, -0.15) is 0 Å². The highest BCUT2D eigenvalue weighted by Crippen LogP contribution is 2.22. The topological polar surface area (TPSA) is 57.0 Å². The van der Waals surface area contributed by atoms with Crippen LogP contribution in [0.5, 0.6) is 0 Å². The number of ether oxygens (including phenoxy) is 1. The molecule has 2 aromatic heterocycles. The van der Waals surface area contributed by atoms with Crippen molar-refractivity contribution in [3.63, 3.8) is 0 Å². The normalized spacial score (nSPS) is 11.9. The molecule has 0 saturated carbocycles. The maximum atomic E-state index is 12.5.